The molecule has 1 saturated heterocycles. The molecule has 0 aromatic carbocycles. The van der Waals surface area contributed by atoms with E-state index in [0.717, 1.165) is 25.2 Å². The molecular formula is C11H15FN2. The Morgan fingerprint density at radius 2 is 2.29 bits per heavy atom. The summed E-state index contributed by atoms with van der Waals surface area (Å²) < 4.78 is 12.9. The van der Waals surface area contributed by atoms with Gasteiger partial charge < -0.3 is 4.90 Å². The van der Waals surface area contributed by atoms with E-state index >= 15 is 0 Å². The highest BCUT2D eigenvalue weighted by Crippen LogP contribution is 2.32. The van der Waals surface area contributed by atoms with Crippen molar-refractivity contribution in [2.75, 3.05) is 18.0 Å². The molecule has 0 radical (unpaired) electrons. The van der Waals surface area contributed by atoms with E-state index < -0.39 is 5.95 Å². The topological polar surface area (TPSA) is 16.1 Å². The van der Waals surface area contributed by atoms with Crippen LogP contribution in [0.2, 0.25) is 0 Å². The van der Waals surface area contributed by atoms with Crippen molar-refractivity contribution in [2.45, 2.75) is 20.3 Å². The maximum atomic E-state index is 12.9. The predicted octanol–water partition coefficient (Wildman–Crippen LogP) is 2.46. The summed E-state index contributed by atoms with van der Waals surface area (Å²) in [5.74, 6) is -0.396. The summed E-state index contributed by atoms with van der Waals surface area (Å²) in [7, 11) is 0. The quantitative estimate of drug-likeness (QED) is 0.638. The van der Waals surface area contributed by atoms with Gasteiger partial charge in [-0.05, 0) is 17.9 Å². The Labute approximate surface area is 83.8 Å². The molecule has 0 unspecified atom stereocenters. The van der Waals surface area contributed by atoms with Crippen LogP contribution in [0.15, 0.2) is 18.3 Å². The number of hydrogen-bond acceptors (Lipinski definition) is 2. The van der Waals surface area contributed by atoms with Crippen LogP contribution in [0.25, 0.3) is 0 Å². The Bertz CT molecular complexity index is 336. The highest BCUT2D eigenvalue weighted by atomic mass is 19.1. The van der Waals surface area contributed by atoms with Crippen LogP contribution < -0.4 is 4.90 Å². The van der Waals surface area contributed by atoms with E-state index in [1.165, 1.54) is 12.3 Å². The molecule has 1 aromatic heterocycles. The van der Waals surface area contributed by atoms with E-state index in [4.69, 9.17) is 0 Å². The number of pyridine rings is 1. The van der Waals surface area contributed by atoms with E-state index in [9.17, 15) is 4.39 Å². The molecule has 0 amide bonds. The summed E-state index contributed by atoms with van der Waals surface area (Å²) in [5, 5.41) is 0. The molecule has 0 bridgehead atoms. The lowest BCUT2D eigenvalue weighted by Gasteiger charge is -2.21. The fourth-order valence-corrected chi connectivity index (χ4v) is 1.92. The van der Waals surface area contributed by atoms with Crippen molar-refractivity contribution in [1.82, 2.24) is 4.98 Å². The summed E-state index contributed by atoms with van der Waals surface area (Å²) in [6.07, 6.45) is 2.69. The van der Waals surface area contributed by atoms with Crippen molar-refractivity contribution in [1.29, 1.82) is 0 Å². The fraction of sp³-hybridized carbons (Fsp3) is 0.545. The number of aromatic nitrogens is 1. The molecule has 3 heteroatoms. The minimum Gasteiger partial charge on any atom is -0.371 e. The maximum absolute atomic E-state index is 12.9. The van der Waals surface area contributed by atoms with E-state index in [0.29, 0.717) is 5.41 Å². The Morgan fingerprint density at radius 3 is 2.86 bits per heavy atom. The van der Waals surface area contributed by atoms with Crippen molar-refractivity contribution >= 4 is 5.69 Å². The molecule has 1 aliphatic rings. The minimum atomic E-state index is -0.396. The van der Waals surface area contributed by atoms with Gasteiger partial charge in [0.2, 0.25) is 5.95 Å². The van der Waals surface area contributed by atoms with Gasteiger partial charge in [-0.15, -0.1) is 0 Å². The zero-order valence-corrected chi connectivity index (χ0v) is 8.63. The smallest absolute Gasteiger partial charge is 0.214 e. The van der Waals surface area contributed by atoms with E-state index in [1.54, 1.807) is 0 Å². The second-order valence-corrected chi connectivity index (χ2v) is 4.67. The minimum absolute atomic E-state index is 0.347. The lowest BCUT2D eigenvalue weighted by Crippen LogP contribution is -2.22. The molecule has 2 nitrogen and oxygen atoms in total. The van der Waals surface area contributed by atoms with Crippen LogP contribution in [-0.2, 0) is 0 Å². The largest absolute Gasteiger partial charge is 0.371 e. The summed E-state index contributed by atoms with van der Waals surface area (Å²) in [5.41, 5.74) is 1.29. The normalized spacial score (nSPS) is 20.1. The Hall–Kier alpha value is -1.12. The standard InChI is InChI=1S/C11H15FN2/c1-11(2)4-6-14(8-11)9-3-5-13-10(12)7-9/h3,5,7H,4,6,8H2,1-2H3. The highest BCUT2D eigenvalue weighted by molar-refractivity contribution is 5.46. The molecule has 0 aliphatic carbocycles. The van der Waals surface area contributed by atoms with Crippen LogP contribution in [0.3, 0.4) is 0 Å². The highest BCUT2D eigenvalue weighted by Gasteiger charge is 2.29. The van der Waals surface area contributed by atoms with Gasteiger partial charge in [-0.2, -0.15) is 4.39 Å². The number of hydrogen-bond donors (Lipinski definition) is 0. The van der Waals surface area contributed by atoms with Crippen molar-refractivity contribution in [3.8, 4) is 0 Å². The average molecular weight is 194 g/mol. The van der Waals surface area contributed by atoms with Crippen LogP contribution in [0.4, 0.5) is 10.1 Å². The first kappa shape index (κ1) is 9.44. The third kappa shape index (κ3) is 1.86. The van der Waals surface area contributed by atoms with Crippen LogP contribution in [0.1, 0.15) is 20.3 Å². The second kappa shape index (κ2) is 3.23. The fourth-order valence-electron chi connectivity index (χ4n) is 1.92. The first-order valence-corrected chi connectivity index (χ1v) is 4.93. The molecule has 1 aromatic rings. The Morgan fingerprint density at radius 1 is 1.50 bits per heavy atom. The molecule has 1 fully saturated rings. The number of halogens is 1. The van der Waals surface area contributed by atoms with Crippen molar-refractivity contribution < 1.29 is 4.39 Å². The van der Waals surface area contributed by atoms with Crippen LogP contribution >= 0.6 is 0 Å². The van der Waals surface area contributed by atoms with Gasteiger partial charge in [0.1, 0.15) is 0 Å². The Balaban J connectivity index is 2.17. The molecule has 2 rings (SSSR count). The molecule has 1 aliphatic heterocycles. The molecular weight excluding hydrogens is 179 g/mol. The zero-order chi connectivity index (χ0) is 10.2. The Kier molecular flexibility index (Phi) is 2.17. The zero-order valence-electron chi connectivity index (χ0n) is 8.63. The van der Waals surface area contributed by atoms with Gasteiger partial charge in [-0.1, -0.05) is 13.8 Å². The second-order valence-electron chi connectivity index (χ2n) is 4.67. The van der Waals surface area contributed by atoms with E-state index in [2.05, 4.69) is 23.7 Å². The van der Waals surface area contributed by atoms with E-state index in [-0.39, 0.29) is 0 Å². The van der Waals surface area contributed by atoms with Crippen molar-refractivity contribution in [3.63, 3.8) is 0 Å². The summed E-state index contributed by atoms with van der Waals surface area (Å²) in [4.78, 5) is 5.77. The van der Waals surface area contributed by atoms with Crippen molar-refractivity contribution in [3.05, 3.63) is 24.3 Å². The van der Waals surface area contributed by atoms with Gasteiger partial charge in [0, 0.05) is 31.0 Å². The molecule has 0 spiro atoms. The third-order valence-electron chi connectivity index (χ3n) is 2.75. The first-order chi connectivity index (χ1) is 6.57. The molecule has 14 heavy (non-hydrogen) atoms. The predicted molar refractivity (Wildman–Crippen MR) is 54.8 cm³/mol. The molecule has 0 N–H and O–H groups in total. The molecule has 2 heterocycles. The molecule has 76 valence electrons. The van der Waals surface area contributed by atoms with E-state index in [1.807, 2.05) is 6.07 Å². The average Bonchev–Trinajstić information content (AvgIpc) is 2.46. The van der Waals surface area contributed by atoms with Gasteiger partial charge in [0.15, 0.2) is 0 Å². The molecule has 0 saturated carbocycles. The van der Waals surface area contributed by atoms with Crippen LogP contribution in [-0.4, -0.2) is 18.1 Å². The SMILES string of the molecule is CC1(C)CCN(c2ccnc(F)c2)C1. The molecule has 0 atom stereocenters. The lowest BCUT2D eigenvalue weighted by molar-refractivity contribution is 0.418. The first-order valence-electron chi connectivity index (χ1n) is 4.93. The lowest BCUT2D eigenvalue weighted by atomic mass is 9.93. The van der Waals surface area contributed by atoms with Gasteiger partial charge in [-0.25, -0.2) is 4.98 Å². The summed E-state index contributed by atoms with van der Waals surface area (Å²) in [6.45, 7) is 6.49. The number of anilines is 1. The van der Waals surface area contributed by atoms with Crippen molar-refractivity contribution in [2.24, 2.45) is 5.41 Å². The van der Waals surface area contributed by atoms with Gasteiger partial charge in [-0.3, -0.25) is 0 Å². The van der Waals surface area contributed by atoms with Crippen LogP contribution in [0.5, 0.6) is 0 Å². The summed E-state index contributed by atoms with van der Waals surface area (Å²) in [6, 6.07) is 3.37. The van der Waals surface area contributed by atoms with Crippen LogP contribution in [0, 0.1) is 11.4 Å². The van der Waals surface area contributed by atoms with Gasteiger partial charge >= 0.3 is 0 Å². The monoisotopic (exact) mass is 194 g/mol. The number of nitrogens with zero attached hydrogens (tertiary/aromatic N) is 2. The number of rotatable bonds is 1. The summed E-state index contributed by atoms with van der Waals surface area (Å²) >= 11 is 0. The third-order valence-corrected chi connectivity index (χ3v) is 2.75. The van der Waals surface area contributed by atoms with Gasteiger partial charge in [0.05, 0.1) is 0 Å². The van der Waals surface area contributed by atoms with Gasteiger partial charge in [0.25, 0.3) is 0 Å². The maximum Gasteiger partial charge on any atom is 0.214 e.